The van der Waals surface area contributed by atoms with E-state index in [1.807, 2.05) is 0 Å². The van der Waals surface area contributed by atoms with Gasteiger partial charge in [0.15, 0.2) is 11.6 Å². The largest absolute Gasteiger partial charge is 0.462 e. The quantitative estimate of drug-likeness (QED) is 0.160. The zero-order valence-corrected chi connectivity index (χ0v) is 23.5. The number of ether oxygens (including phenoxy) is 1. The molecule has 9 nitrogen and oxygen atoms in total. The molecule has 2 heterocycles. The van der Waals surface area contributed by atoms with E-state index in [1.54, 1.807) is 22.8 Å². The number of carbonyl (C=O) groups excluding carboxylic acids is 2. The number of aliphatic hydroxyl groups is 1. The number of nitrogens with one attached hydrogen (secondary N) is 1. The summed E-state index contributed by atoms with van der Waals surface area (Å²) in [5.74, 6) is -2.02. The molecule has 38 heavy (non-hydrogen) atoms. The van der Waals surface area contributed by atoms with Gasteiger partial charge in [0.05, 0.1) is 40.2 Å². The first-order valence-corrected chi connectivity index (χ1v) is 14.0. The number of fused-ring (bicyclic) bond motifs is 1. The Balaban J connectivity index is 1.50. The Hall–Kier alpha value is -2.48. The van der Waals surface area contributed by atoms with Crippen LogP contribution in [0.5, 0.6) is 0 Å². The number of nitrogens with two attached hydrogens (primary N) is 1. The Labute approximate surface area is 237 Å². The summed E-state index contributed by atoms with van der Waals surface area (Å²) in [7, 11) is 0. The van der Waals surface area contributed by atoms with Crippen LogP contribution in [0.1, 0.15) is 46.7 Å². The summed E-state index contributed by atoms with van der Waals surface area (Å²) in [4.78, 5) is 31.8. The number of primary amides is 1. The minimum absolute atomic E-state index is 0.0167. The Morgan fingerprint density at radius 2 is 1.97 bits per heavy atom. The van der Waals surface area contributed by atoms with Gasteiger partial charge in [-0.1, -0.05) is 11.6 Å². The van der Waals surface area contributed by atoms with Gasteiger partial charge in [-0.15, -0.1) is 0 Å². The van der Waals surface area contributed by atoms with Gasteiger partial charge in [0.1, 0.15) is 5.52 Å². The molecule has 1 aromatic heterocycles. The molecule has 0 radical (unpaired) electrons. The Morgan fingerprint density at radius 1 is 1.24 bits per heavy atom. The molecular weight excluding hydrogens is 628 g/mol. The van der Waals surface area contributed by atoms with Gasteiger partial charge in [-0.05, 0) is 85.0 Å². The van der Waals surface area contributed by atoms with Gasteiger partial charge in [-0.25, -0.2) is 14.2 Å². The standard InChI is InChI=1S/C26H28ClFIN5O4/c27-18-9-15(29)5-6-19(18)31-22-17(26(37)38-13-14-3-4-14)10-20-23(21(22)28)32-25(24(30)36)34(20)8-2-1-7-33-11-16(35)12-33/h5-6,9-10,14,16,31,35H,1-4,7-8,11-13H2,(H2,30,36). The first-order valence-electron chi connectivity index (χ1n) is 12.5. The van der Waals surface area contributed by atoms with Crippen molar-refractivity contribution in [2.75, 3.05) is 31.6 Å². The second-order valence-corrected chi connectivity index (χ2v) is 11.5. The van der Waals surface area contributed by atoms with Gasteiger partial charge in [-0.2, -0.15) is 0 Å². The molecule has 12 heteroatoms. The summed E-state index contributed by atoms with van der Waals surface area (Å²) < 4.78 is 24.0. The van der Waals surface area contributed by atoms with E-state index in [4.69, 9.17) is 22.1 Å². The summed E-state index contributed by atoms with van der Waals surface area (Å²) in [5.41, 5.74) is 6.08. The van der Waals surface area contributed by atoms with E-state index >= 15 is 4.39 Å². The average molecular weight is 656 g/mol. The highest BCUT2D eigenvalue weighted by Crippen LogP contribution is 2.36. The third kappa shape index (κ3) is 5.90. The van der Waals surface area contributed by atoms with Crippen LogP contribution in [0.25, 0.3) is 11.0 Å². The maximum atomic E-state index is 16.1. The van der Waals surface area contributed by atoms with E-state index in [0.717, 1.165) is 29.4 Å². The molecular formula is C26H28ClFIN5O4. The van der Waals surface area contributed by atoms with Crippen LogP contribution in [0.2, 0.25) is 5.02 Å². The third-order valence-corrected chi connectivity index (χ3v) is 7.79. The lowest BCUT2D eigenvalue weighted by Gasteiger charge is -2.35. The molecule has 1 amide bonds. The van der Waals surface area contributed by atoms with Crippen LogP contribution in [0, 0.1) is 15.3 Å². The molecule has 5 rings (SSSR count). The molecule has 0 atom stereocenters. The molecule has 0 bridgehead atoms. The highest BCUT2D eigenvalue weighted by molar-refractivity contribution is 14.1. The summed E-state index contributed by atoms with van der Waals surface area (Å²) in [5, 5.41) is 12.8. The molecule has 0 spiro atoms. The minimum atomic E-state index is -0.800. The number of anilines is 2. The lowest BCUT2D eigenvalue weighted by atomic mass is 10.1. The maximum Gasteiger partial charge on any atom is 0.340 e. The monoisotopic (exact) mass is 655 g/mol. The van der Waals surface area contributed by atoms with Crippen molar-refractivity contribution < 1.29 is 23.8 Å². The van der Waals surface area contributed by atoms with Crippen molar-refractivity contribution in [3.8, 4) is 0 Å². The fraction of sp³-hybridized carbons (Fsp3) is 0.423. The number of aromatic nitrogens is 2. The van der Waals surface area contributed by atoms with Crippen molar-refractivity contribution in [2.24, 2.45) is 11.7 Å². The minimum Gasteiger partial charge on any atom is -0.462 e. The van der Waals surface area contributed by atoms with Gasteiger partial charge in [0, 0.05) is 23.2 Å². The van der Waals surface area contributed by atoms with E-state index in [9.17, 15) is 14.7 Å². The molecule has 1 saturated heterocycles. The van der Waals surface area contributed by atoms with Crippen molar-refractivity contribution in [2.45, 2.75) is 38.3 Å². The number of esters is 1. The normalized spacial score (nSPS) is 16.0. The number of nitrogens with zero attached hydrogens (tertiary/aromatic N) is 3. The summed E-state index contributed by atoms with van der Waals surface area (Å²) in [6.45, 7) is 2.72. The lowest BCUT2D eigenvalue weighted by Crippen LogP contribution is -2.50. The number of rotatable bonds is 11. The highest BCUT2D eigenvalue weighted by Gasteiger charge is 2.29. The first-order chi connectivity index (χ1) is 18.2. The topological polar surface area (TPSA) is 123 Å². The molecule has 3 aromatic rings. The van der Waals surface area contributed by atoms with E-state index in [2.05, 4.69) is 37.8 Å². The van der Waals surface area contributed by atoms with Crippen LogP contribution < -0.4 is 11.1 Å². The van der Waals surface area contributed by atoms with Crippen LogP contribution in [-0.2, 0) is 11.3 Å². The van der Waals surface area contributed by atoms with Crippen molar-refractivity contribution >= 4 is 68.5 Å². The van der Waals surface area contributed by atoms with Crippen LogP contribution in [0.15, 0.2) is 24.3 Å². The van der Waals surface area contributed by atoms with Crippen molar-refractivity contribution in [1.82, 2.24) is 14.5 Å². The Kier molecular flexibility index (Phi) is 8.08. The van der Waals surface area contributed by atoms with E-state index in [0.29, 0.717) is 42.7 Å². The van der Waals surface area contributed by atoms with Crippen LogP contribution in [-0.4, -0.2) is 63.8 Å². The van der Waals surface area contributed by atoms with Crippen LogP contribution >= 0.6 is 34.2 Å². The number of benzene rings is 2. The number of aliphatic hydroxyl groups excluding tert-OH is 1. The molecule has 0 unspecified atom stereocenters. The Morgan fingerprint density at radius 3 is 2.63 bits per heavy atom. The third-order valence-electron chi connectivity index (χ3n) is 6.81. The number of unbranched alkanes of at least 4 members (excludes halogenated alkanes) is 1. The smallest absolute Gasteiger partial charge is 0.340 e. The van der Waals surface area contributed by atoms with Crippen molar-refractivity contribution in [3.63, 3.8) is 0 Å². The fourth-order valence-corrected chi connectivity index (χ4v) is 5.43. The molecule has 1 aliphatic carbocycles. The summed E-state index contributed by atoms with van der Waals surface area (Å²) in [6.07, 6.45) is 3.19. The molecule has 1 saturated carbocycles. The highest BCUT2D eigenvalue weighted by atomic mass is 127. The van der Waals surface area contributed by atoms with Crippen LogP contribution in [0.3, 0.4) is 0 Å². The predicted molar refractivity (Wildman–Crippen MR) is 150 cm³/mol. The summed E-state index contributed by atoms with van der Waals surface area (Å²) in [6, 6.07) is 6.71. The van der Waals surface area contributed by atoms with Gasteiger partial charge in [0.25, 0.3) is 5.91 Å². The zero-order valence-electron chi connectivity index (χ0n) is 20.6. The van der Waals surface area contributed by atoms with Crippen molar-refractivity contribution in [1.29, 1.82) is 0 Å². The second-order valence-electron chi connectivity index (χ2n) is 9.84. The molecule has 1 aliphatic heterocycles. The average Bonchev–Trinajstić information content (AvgIpc) is 3.61. The first kappa shape index (κ1) is 27.1. The molecule has 2 fully saturated rings. The van der Waals surface area contributed by atoms with E-state index in [1.165, 1.54) is 6.07 Å². The van der Waals surface area contributed by atoms with E-state index in [-0.39, 0.29) is 40.8 Å². The number of halogens is 3. The number of β-amino-alcohol motifs (C(OH)–C–C–N with tert-alkyl or cyclic N) is 1. The number of carbonyl (C=O) groups is 2. The van der Waals surface area contributed by atoms with Gasteiger partial charge in [0.2, 0.25) is 0 Å². The number of imidazole rings is 1. The number of likely N-dealkylation sites (tertiary alicyclic amines) is 1. The number of hydrogen-bond acceptors (Lipinski definition) is 7. The molecule has 202 valence electrons. The van der Waals surface area contributed by atoms with Gasteiger partial charge >= 0.3 is 5.97 Å². The number of aryl methyl sites for hydroxylation is 1. The summed E-state index contributed by atoms with van der Waals surface area (Å²) >= 11 is 8.49. The molecule has 4 N–H and O–H groups in total. The zero-order chi connectivity index (χ0) is 27.0. The molecule has 2 aliphatic rings. The molecule has 2 aromatic carbocycles. The SMILES string of the molecule is NC(=O)c1nc2c(F)c(Nc3ccc(I)cc3Cl)c(C(=O)OCC3CC3)cc2n1CCCCN1CC(O)C1. The van der Waals surface area contributed by atoms with Gasteiger partial charge < -0.3 is 25.5 Å². The predicted octanol–water partition coefficient (Wildman–Crippen LogP) is 4.30. The number of hydrogen-bond donors (Lipinski definition) is 3. The van der Waals surface area contributed by atoms with Gasteiger partial charge in [-0.3, -0.25) is 9.69 Å². The van der Waals surface area contributed by atoms with Crippen molar-refractivity contribution in [3.05, 3.63) is 50.1 Å². The lowest BCUT2D eigenvalue weighted by molar-refractivity contribution is 0.00140. The maximum absolute atomic E-state index is 16.1. The second kappa shape index (κ2) is 11.3. The number of amides is 1. The Bertz CT molecular complexity index is 1390. The van der Waals surface area contributed by atoms with E-state index < -0.39 is 17.7 Å². The fourth-order valence-electron chi connectivity index (χ4n) is 4.53. The van der Waals surface area contributed by atoms with Crippen LogP contribution in [0.4, 0.5) is 15.8 Å².